The second-order valence-electron chi connectivity index (χ2n) is 5.37. The van der Waals surface area contributed by atoms with E-state index in [1.54, 1.807) is 0 Å². The smallest absolute Gasteiger partial charge is 0.159 e. The molecule has 1 heterocycles. The Morgan fingerprint density at radius 3 is 2.15 bits per heavy atom. The maximum absolute atomic E-state index is 4.47. The van der Waals surface area contributed by atoms with Crippen LogP contribution in [0, 0.1) is 13.8 Å². The number of rotatable bonds is 4. The van der Waals surface area contributed by atoms with Crippen LogP contribution in [-0.2, 0) is 6.54 Å². The molecule has 0 aliphatic rings. The molecule has 4 heteroatoms. The first-order chi connectivity index (χ1) is 9.47. The van der Waals surface area contributed by atoms with Gasteiger partial charge in [-0.05, 0) is 37.1 Å². The van der Waals surface area contributed by atoms with Gasteiger partial charge in [0.2, 0.25) is 0 Å². The average molecular weight is 334 g/mol. The van der Waals surface area contributed by atoms with E-state index in [1.165, 1.54) is 11.1 Å². The van der Waals surface area contributed by atoms with Crippen LogP contribution in [0.4, 0.5) is 0 Å². The fourth-order valence-electron chi connectivity index (χ4n) is 1.99. The van der Waals surface area contributed by atoms with Gasteiger partial charge in [-0.3, -0.25) is 0 Å². The van der Waals surface area contributed by atoms with Gasteiger partial charge < -0.3 is 5.32 Å². The van der Waals surface area contributed by atoms with Crippen molar-refractivity contribution in [3.05, 3.63) is 45.7 Å². The zero-order valence-corrected chi connectivity index (χ0v) is 14.0. The number of halogens is 1. The maximum Gasteiger partial charge on any atom is 0.159 e. The first-order valence-electron chi connectivity index (χ1n) is 6.79. The van der Waals surface area contributed by atoms with Crippen LogP contribution < -0.4 is 5.32 Å². The lowest BCUT2D eigenvalue weighted by Crippen LogP contribution is -2.21. The summed E-state index contributed by atoms with van der Waals surface area (Å²) >= 11 is 3.58. The van der Waals surface area contributed by atoms with E-state index < -0.39 is 0 Å². The van der Waals surface area contributed by atoms with Crippen molar-refractivity contribution < 1.29 is 0 Å². The molecule has 1 aromatic heterocycles. The molecule has 1 aromatic carbocycles. The summed E-state index contributed by atoms with van der Waals surface area (Å²) in [6.07, 6.45) is 3.79. The molecule has 2 rings (SSSR count). The van der Waals surface area contributed by atoms with Crippen LogP contribution in [0.15, 0.2) is 29.0 Å². The normalized spacial score (nSPS) is 11.1. The van der Waals surface area contributed by atoms with Gasteiger partial charge in [0, 0.05) is 40.6 Å². The van der Waals surface area contributed by atoms with E-state index in [0.29, 0.717) is 6.04 Å². The lowest BCUT2D eigenvalue weighted by molar-refractivity contribution is 0.587. The molecule has 0 aliphatic heterocycles. The number of benzene rings is 1. The van der Waals surface area contributed by atoms with Gasteiger partial charge in [-0.25, -0.2) is 9.97 Å². The van der Waals surface area contributed by atoms with Crippen molar-refractivity contribution in [2.75, 3.05) is 0 Å². The number of aromatic nitrogens is 2. The molecule has 2 aromatic rings. The number of nitrogens with zero attached hydrogens (tertiary/aromatic N) is 2. The molecule has 0 aliphatic carbocycles. The standard InChI is InChI=1S/C16H20BrN3/c1-10(2)18-7-13-8-19-16(20-9-13)14-5-11(3)15(17)12(4)6-14/h5-6,8-10,18H,7H2,1-4H3. The number of nitrogens with one attached hydrogen (secondary N) is 1. The molecule has 106 valence electrons. The number of aryl methyl sites for hydroxylation is 2. The van der Waals surface area contributed by atoms with Crippen molar-refractivity contribution in [3.8, 4) is 11.4 Å². The molecule has 0 spiro atoms. The van der Waals surface area contributed by atoms with Crippen LogP contribution in [0.1, 0.15) is 30.5 Å². The van der Waals surface area contributed by atoms with Crippen molar-refractivity contribution in [2.24, 2.45) is 0 Å². The van der Waals surface area contributed by atoms with Gasteiger partial charge in [0.25, 0.3) is 0 Å². The van der Waals surface area contributed by atoms with Crippen LogP contribution in [0.25, 0.3) is 11.4 Å². The molecular formula is C16H20BrN3. The van der Waals surface area contributed by atoms with Gasteiger partial charge in [0.05, 0.1) is 0 Å². The Bertz CT molecular complexity index is 568. The van der Waals surface area contributed by atoms with Gasteiger partial charge in [-0.15, -0.1) is 0 Å². The lowest BCUT2D eigenvalue weighted by Gasteiger charge is -2.09. The average Bonchev–Trinajstić information content (AvgIpc) is 2.42. The Hall–Kier alpha value is -1.26. The third kappa shape index (κ3) is 3.64. The molecule has 0 amide bonds. The number of hydrogen-bond donors (Lipinski definition) is 1. The Labute approximate surface area is 129 Å². The van der Waals surface area contributed by atoms with E-state index in [2.05, 4.69) is 71.0 Å². The molecule has 1 N–H and O–H groups in total. The molecule has 3 nitrogen and oxygen atoms in total. The zero-order valence-electron chi connectivity index (χ0n) is 12.4. The fourth-order valence-corrected chi connectivity index (χ4v) is 2.22. The predicted octanol–water partition coefficient (Wildman–Crippen LogP) is 4.02. The lowest BCUT2D eigenvalue weighted by atomic mass is 10.1. The highest BCUT2D eigenvalue weighted by Gasteiger charge is 2.07. The summed E-state index contributed by atoms with van der Waals surface area (Å²) in [6.45, 7) is 9.23. The SMILES string of the molecule is Cc1cc(-c2ncc(CNC(C)C)cn2)cc(C)c1Br. The molecule has 0 saturated carbocycles. The summed E-state index contributed by atoms with van der Waals surface area (Å²) in [6, 6.07) is 4.68. The molecular weight excluding hydrogens is 314 g/mol. The minimum atomic E-state index is 0.464. The van der Waals surface area contributed by atoms with E-state index in [4.69, 9.17) is 0 Å². The van der Waals surface area contributed by atoms with Crippen molar-refractivity contribution in [2.45, 2.75) is 40.3 Å². The molecule has 0 saturated heterocycles. The van der Waals surface area contributed by atoms with Crippen molar-refractivity contribution in [1.29, 1.82) is 0 Å². The molecule has 0 unspecified atom stereocenters. The molecule has 0 atom stereocenters. The monoisotopic (exact) mass is 333 g/mol. The van der Waals surface area contributed by atoms with Crippen LogP contribution in [-0.4, -0.2) is 16.0 Å². The van der Waals surface area contributed by atoms with Gasteiger partial charge in [0.1, 0.15) is 0 Å². The zero-order chi connectivity index (χ0) is 14.7. The van der Waals surface area contributed by atoms with Gasteiger partial charge in [0.15, 0.2) is 5.82 Å². The van der Waals surface area contributed by atoms with Crippen LogP contribution in [0.3, 0.4) is 0 Å². The largest absolute Gasteiger partial charge is 0.310 e. The minimum Gasteiger partial charge on any atom is -0.310 e. The Kier molecular flexibility index (Phi) is 4.89. The summed E-state index contributed by atoms with van der Waals surface area (Å²) in [5, 5.41) is 3.36. The van der Waals surface area contributed by atoms with E-state index in [0.717, 1.165) is 28.0 Å². The summed E-state index contributed by atoms with van der Waals surface area (Å²) in [7, 11) is 0. The van der Waals surface area contributed by atoms with Crippen molar-refractivity contribution >= 4 is 15.9 Å². The second kappa shape index (κ2) is 6.46. The highest BCUT2D eigenvalue weighted by Crippen LogP contribution is 2.26. The number of hydrogen-bond acceptors (Lipinski definition) is 3. The summed E-state index contributed by atoms with van der Waals surface area (Å²) < 4.78 is 1.15. The Morgan fingerprint density at radius 2 is 1.65 bits per heavy atom. The first kappa shape index (κ1) is 15.1. The third-order valence-electron chi connectivity index (χ3n) is 3.11. The van der Waals surface area contributed by atoms with E-state index >= 15 is 0 Å². The molecule has 0 radical (unpaired) electrons. The van der Waals surface area contributed by atoms with Crippen LogP contribution in [0.2, 0.25) is 0 Å². The van der Waals surface area contributed by atoms with Gasteiger partial charge >= 0.3 is 0 Å². The quantitative estimate of drug-likeness (QED) is 0.918. The Balaban J connectivity index is 2.22. The molecule has 0 fully saturated rings. The fraction of sp³-hybridized carbons (Fsp3) is 0.375. The summed E-state index contributed by atoms with van der Waals surface area (Å²) in [5.74, 6) is 0.775. The van der Waals surface area contributed by atoms with E-state index in [9.17, 15) is 0 Å². The first-order valence-corrected chi connectivity index (χ1v) is 7.58. The summed E-state index contributed by atoms with van der Waals surface area (Å²) in [5.41, 5.74) is 4.57. The third-order valence-corrected chi connectivity index (χ3v) is 4.37. The van der Waals surface area contributed by atoms with Crippen LogP contribution in [0.5, 0.6) is 0 Å². The highest BCUT2D eigenvalue weighted by atomic mass is 79.9. The van der Waals surface area contributed by atoms with E-state index in [-0.39, 0.29) is 0 Å². The Morgan fingerprint density at radius 1 is 1.10 bits per heavy atom. The highest BCUT2D eigenvalue weighted by molar-refractivity contribution is 9.10. The minimum absolute atomic E-state index is 0.464. The maximum atomic E-state index is 4.47. The molecule has 20 heavy (non-hydrogen) atoms. The van der Waals surface area contributed by atoms with Crippen molar-refractivity contribution in [3.63, 3.8) is 0 Å². The summed E-state index contributed by atoms with van der Waals surface area (Å²) in [4.78, 5) is 8.94. The van der Waals surface area contributed by atoms with E-state index in [1.807, 2.05) is 12.4 Å². The van der Waals surface area contributed by atoms with Crippen LogP contribution >= 0.6 is 15.9 Å². The topological polar surface area (TPSA) is 37.8 Å². The predicted molar refractivity (Wildman–Crippen MR) is 86.6 cm³/mol. The second-order valence-corrected chi connectivity index (χ2v) is 6.17. The van der Waals surface area contributed by atoms with Crippen molar-refractivity contribution in [1.82, 2.24) is 15.3 Å². The molecule has 0 bridgehead atoms. The van der Waals surface area contributed by atoms with Gasteiger partial charge in [-0.1, -0.05) is 29.8 Å². The van der Waals surface area contributed by atoms with Gasteiger partial charge in [-0.2, -0.15) is 0 Å².